The van der Waals surface area contributed by atoms with Gasteiger partial charge in [-0.25, -0.2) is 4.79 Å². The molecule has 22 heavy (non-hydrogen) atoms. The fourth-order valence-corrected chi connectivity index (χ4v) is 1.91. The number of carbonyl (C=O) groups excluding carboxylic acids is 2. The first-order valence-electron chi connectivity index (χ1n) is 7.06. The van der Waals surface area contributed by atoms with Crippen molar-refractivity contribution >= 4 is 11.8 Å². The third-order valence-corrected chi connectivity index (χ3v) is 2.94. The summed E-state index contributed by atoms with van der Waals surface area (Å²) in [7, 11) is 0. The van der Waals surface area contributed by atoms with Gasteiger partial charge in [0, 0.05) is 5.56 Å². The van der Waals surface area contributed by atoms with Gasteiger partial charge in [0.1, 0.15) is 17.1 Å². The van der Waals surface area contributed by atoms with Crippen LogP contribution in [0.1, 0.15) is 41.5 Å². The van der Waals surface area contributed by atoms with Crippen LogP contribution in [0.15, 0.2) is 48.5 Å². The molecule has 0 saturated heterocycles. The molecule has 0 amide bonds. The lowest BCUT2D eigenvalue weighted by Crippen LogP contribution is -2.13. The monoisotopic (exact) mass is 298 g/mol. The Kier molecular flexibility index (Phi) is 4.94. The minimum Gasteiger partial charge on any atom is -0.490 e. The molecule has 0 aliphatic heterocycles. The van der Waals surface area contributed by atoms with Crippen LogP contribution in [-0.4, -0.2) is 17.9 Å². The number of carbonyl (C=O) groups is 2. The molecule has 0 unspecified atom stereocenters. The van der Waals surface area contributed by atoms with Crippen LogP contribution >= 0.6 is 0 Å². The minimum absolute atomic E-state index is 0.0337. The van der Waals surface area contributed by atoms with E-state index in [9.17, 15) is 9.59 Å². The van der Waals surface area contributed by atoms with Crippen LogP contribution in [0, 0.1) is 0 Å². The van der Waals surface area contributed by atoms with E-state index in [1.54, 1.807) is 48.5 Å². The van der Waals surface area contributed by atoms with Crippen molar-refractivity contribution in [2.24, 2.45) is 0 Å². The van der Waals surface area contributed by atoms with Crippen molar-refractivity contribution in [2.75, 3.05) is 0 Å². The molecule has 2 aromatic carbocycles. The molecule has 0 saturated carbocycles. The van der Waals surface area contributed by atoms with Crippen molar-refractivity contribution in [3.05, 3.63) is 59.7 Å². The largest absolute Gasteiger partial charge is 0.490 e. The predicted octanol–water partition coefficient (Wildman–Crippen LogP) is 3.90. The van der Waals surface area contributed by atoms with Gasteiger partial charge in [-0.1, -0.05) is 12.1 Å². The number of esters is 1. The Morgan fingerprint density at radius 1 is 0.955 bits per heavy atom. The van der Waals surface area contributed by atoms with Crippen LogP contribution < -0.4 is 9.47 Å². The Balaban J connectivity index is 2.17. The number of Topliss-reactive ketones (excluding diaryl/α,β-unsaturated/α-hetero) is 1. The summed E-state index contributed by atoms with van der Waals surface area (Å²) in [4.78, 5) is 23.5. The van der Waals surface area contributed by atoms with Gasteiger partial charge < -0.3 is 9.47 Å². The molecule has 0 atom stereocenters. The van der Waals surface area contributed by atoms with Gasteiger partial charge in [-0.15, -0.1) is 0 Å². The van der Waals surface area contributed by atoms with Crippen molar-refractivity contribution in [3.8, 4) is 11.5 Å². The van der Waals surface area contributed by atoms with Gasteiger partial charge in [0.05, 0.1) is 6.10 Å². The van der Waals surface area contributed by atoms with Gasteiger partial charge in [0.25, 0.3) is 0 Å². The smallest absolute Gasteiger partial charge is 0.347 e. The zero-order valence-corrected chi connectivity index (χ0v) is 12.8. The van der Waals surface area contributed by atoms with Crippen molar-refractivity contribution in [2.45, 2.75) is 26.9 Å². The van der Waals surface area contributed by atoms with Crippen molar-refractivity contribution in [1.29, 1.82) is 0 Å². The number of rotatable bonds is 5. The molecule has 0 heterocycles. The fourth-order valence-electron chi connectivity index (χ4n) is 1.91. The molecule has 2 aromatic rings. The molecule has 0 aliphatic rings. The van der Waals surface area contributed by atoms with Gasteiger partial charge >= 0.3 is 5.97 Å². The Bertz CT molecular complexity index is 672. The van der Waals surface area contributed by atoms with Crippen molar-refractivity contribution in [3.63, 3.8) is 0 Å². The normalized spacial score (nSPS) is 10.4. The lowest BCUT2D eigenvalue weighted by atomic mass is 10.1. The summed E-state index contributed by atoms with van der Waals surface area (Å²) in [6.07, 6.45) is -0.0381. The van der Waals surface area contributed by atoms with Crippen LogP contribution in [0.4, 0.5) is 0 Å². The highest BCUT2D eigenvalue weighted by Crippen LogP contribution is 2.22. The Hall–Kier alpha value is -2.62. The SMILES string of the molecule is CC(=O)c1ccc(OC(=O)c2ccccc2OC(C)C)cc1. The van der Waals surface area contributed by atoms with E-state index in [1.165, 1.54) is 6.92 Å². The standard InChI is InChI=1S/C18H18O4/c1-12(2)21-17-7-5-4-6-16(17)18(20)22-15-10-8-14(9-11-15)13(3)19/h4-12H,1-3H3. The molecular formula is C18H18O4. The zero-order chi connectivity index (χ0) is 16.1. The van der Waals surface area contributed by atoms with Crippen LogP contribution in [0.5, 0.6) is 11.5 Å². The first kappa shape index (κ1) is 15.8. The van der Waals surface area contributed by atoms with Gasteiger partial charge in [-0.05, 0) is 57.2 Å². The lowest BCUT2D eigenvalue weighted by molar-refractivity contribution is 0.0728. The highest BCUT2D eigenvalue weighted by molar-refractivity contribution is 5.95. The Labute approximate surface area is 129 Å². The lowest BCUT2D eigenvalue weighted by Gasteiger charge is -2.13. The number of ketones is 1. The second kappa shape index (κ2) is 6.89. The molecule has 2 rings (SSSR count). The summed E-state index contributed by atoms with van der Waals surface area (Å²) in [5.74, 6) is 0.345. The summed E-state index contributed by atoms with van der Waals surface area (Å²) in [5, 5.41) is 0. The average Bonchev–Trinajstić information content (AvgIpc) is 2.47. The summed E-state index contributed by atoms with van der Waals surface area (Å²) >= 11 is 0. The first-order chi connectivity index (χ1) is 10.5. The molecular weight excluding hydrogens is 280 g/mol. The molecule has 4 heteroatoms. The maximum atomic E-state index is 12.3. The number of benzene rings is 2. The first-order valence-corrected chi connectivity index (χ1v) is 7.06. The topological polar surface area (TPSA) is 52.6 Å². The molecule has 0 spiro atoms. The zero-order valence-electron chi connectivity index (χ0n) is 12.8. The van der Waals surface area contributed by atoms with Gasteiger partial charge in [0.2, 0.25) is 0 Å². The highest BCUT2D eigenvalue weighted by Gasteiger charge is 2.15. The molecule has 0 radical (unpaired) electrons. The molecule has 0 bridgehead atoms. The number of hydrogen-bond acceptors (Lipinski definition) is 4. The summed E-state index contributed by atoms with van der Waals surface area (Å²) in [6.45, 7) is 5.27. The van der Waals surface area contributed by atoms with Crippen LogP contribution in [0.25, 0.3) is 0 Å². The summed E-state index contributed by atoms with van der Waals surface area (Å²) in [6, 6.07) is 13.4. The van der Waals surface area contributed by atoms with E-state index in [4.69, 9.17) is 9.47 Å². The van der Waals surface area contributed by atoms with Gasteiger partial charge in [-0.2, -0.15) is 0 Å². The molecule has 0 fully saturated rings. The Morgan fingerprint density at radius 3 is 2.18 bits per heavy atom. The van der Waals surface area contributed by atoms with Crippen LogP contribution in [-0.2, 0) is 0 Å². The Morgan fingerprint density at radius 2 is 1.59 bits per heavy atom. The highest BCUT2D eigenvalue weighted by atomic mass is 16.5. The summed E-state index contributed by atoms with van der Waals surface area (Å²) in [5.41, 5.74) is 0.940. The molecule has 0 N–H and O–H groups in total. The second-order valence-corrected chi connectivity index (χ2v) is 5.13. The maximum absolute atomic E-state index is 12.3. The van der Waals surface area contributed by atoms with Gasteiger partial charge in [0.15, 0.2) is 5.78 Å². The van der Waals surface area contributed by atoms with Crippen LogP contribution in [0.3, 0.4) is 0 Å². The van der Waals surface area contributed by atoms with E-state index < -0.39 is 5.97 Å². The van der Waals surface area contributed by atoms with E-state index in [0.29, 0.717) is 22.6 Å². The number of ether oxygens (including phenoxy) is 2. The van der Waals surface area contributed by atoms with E-state index in [0.717, 1.165) is 0 Å². The van der Waals surface area contributed by atoms with Gasteiger partial charge in [-0.3, -0.25) is 4.79 Å². The van der Waals surface area contributed by atoms with Crippen LogP contribution in [0.2, 0.25) is 0 Å². The molecule has 4 nitrogen and oxygen atoms in total. The third kappa shape index (κ3) is 3.95. The number of hydrogen-bond donors (Lipinski definition) is 0. The molecule has 0 aromatic heterocycles. The maximum Gasteiger partial charge on any atom is 0.347 e. The molecule has 114 valence electrons. The van der Waals surface area contributed by atoms with Crippen molar-refractivity contribution < 1.29 is 19.1 Å². The minimum atomic E-state index is -0.494. The van der Waals surface area contributed by atoms with E-state index in [-0.39, 0.29) is 11.9 Å². The predicted molar refractivity (Wildman–Crippen MR) is 83.6 cm³/mol. The quantitative estimate of drug-likeness (QED) is 0.477. The van der Waals surface area contributed by atoms with E-state index in [2.05, 4.69) is 0 Å². The fraction of sp³-hybridized carbons (Fsp3) is 0.222. The number of para-hydroxylation sites is 1. The third-order valence-electron chi connectivity index (χ3n) is 2.94. The average molecular weight is 298 g/mol. The molecule has 0 aliphatic carbocycles. The van der Waals surface area contributed by atoms with E-state index >= 15 is 0 Å². The summed E-state index contributed by atoms with van der Waals surface area (Å²) < 4.78 is 10.9. The second-order valence-electron chi connectivity index (χ2n) is 5.13. The van der Waals surface area contributed by atoms with E-state index in [1.807, 2.05) is 13.8 Å². The van der Waals surface area contributed by atoms with Crippen molar-refractivity contribution in [1.82, 2.24) is 0 Å².